The van der Waals surface area contributed by atoms with Crippen LogP contribution in [0.3, 0.4) is 0 Å². The molecule has 0 saturated heterocycles. The third kappa shape index (κ3) is 4.77. The Morgan fingerprint density at radius 1 is 1.24 bits per heavy atom. The molecule has 2 fully saturated rings. The first kappa shape index (κ1) is 20.3. The van der Waals surface area contributed by atoms with Gasteiger partial charge in [0.25, 0.3) is 0 Å². The van der Waals surface area contributed by atoms with E-state index in [1.165, 1.54) is 36.0 Å². The Morgan fingerprint density at radius 2 is 1.88 bits per heavy atom. The summed E-state index contributed by atoms with van der Waals surface area (Å²) in [5.74, 6) is 1.53. The minimum absolute atomic E-state index is 0. The lowest BCUT2D eigenvalue weighted by atomic mass is 9.65. The second-order valence-corrected chi connectivity index (χ2v) is 8.24. The number of hydrogen-bond donors (Lipinski definition) is 2. The summed E-state index contributed by atoms with van der Waals surface area (Å²) in [5.41, 5.74) is 10.3. The molecule has 0 radical (unpaired) electrons. The molecule has 2 saturated carbocycles. The first-order chi connectivity index (χ1) is 11.4. The Hall–Kier alpha value is -1.06. The van der Waals surface area contributed by atoms with Crippen LogP contribution >= 0.6 is 12.4 Å². The summed E-state index contributed by atoms with van der Waals surface area (Å²) in [6, 6.07) is 7.07. The van der Waals surface area contributed by atoms with E-state index >= 15 is 0 Å². The van der Waals surface area contributed by atoms with E-state index in [0.717, 1.165) is 19.3 Å². The summed E-state index contributed by atoms with van der Waals surface area (Å²) in [6.07, 6.45) is 6.58. The number of halogens is 1. The van der Waals surface area contributed by atoms with Crippen LogP contribution in [0.1, 0.15) is 55.7 Å². The van der Waals surface area contributed by atoms with Crippen LogP contribution in [0.5, 0.6) is 0 Å². The summed E-state index contributed by atoms with van der Waals surface area (Å²) < 4.78 is 0. The van der Waals surface area contributed by atoms with Crippen molar-refractivity contribution in [1.82, 2.24) is 5.32 Å². The number of amides is 1. The van der Waals surface area contributed by atoms with Crippen LogP contribution in [0.4, 0.5) is 0 Å². The summed E-state index contributed by atoms with van der Waals surface area (Å²) in [7, 11) is 0. The zero-order chi connectivity index (χ0) is 17.3. The molecule has 2 bridgehead atoms. The van der Waals surface area contributed by atoms with E-state index in [9.17, 15) is 4.79 Å². The first-order valence-electron chi connectivity index (χ1n) is 9.56. The molecular formula is C21H33ClN2O. The van der Waals surface area contributed by atoms with E-state index in [0.29, 0.717) is 17.9 Å². The fraction of sp³-hybridized carbons (Fsp3) is 0.667. The number of hydrogen-bond acceptors (Lipinski definition) is 2. The fourth-order valence-electron chi connectivity index (χ4n) is 4.82. The van der Waals surface area contributed by atoms with Gasteiger partial charge in [0.2, 0.25) is 5.91 Å². The van der Waals surface area contributed by atoms with Crippen molar-refractivity contribution in [2.45, 2.75) is 71.4 Å². The molecule has 1 aromatic carbocycles. The van der Waals surface area contributed by atoms with Crippen molar-refractivity contribution >= 4 is 18.3 Å². The molecule has 0 aliphatic heterocycles. The predicted molar refractivity (Wildman–Crippen MR) is 106 cm³/mol. The molecule has 3 atom stereocenters. The van der Waals surface area contributed by atoms with E-state index in [4.69, 9.17) is 5.73 Å². The first-order valence-corrected chi connectivity index (χ1v) is 9.56. The number of fused-ring (bicyclic) bond motifs is 2. The number of nitrogens with two attached hydrogens (primary N) is 1. The smallest absolute Gasteiger partial charge is 0.223 e. The molecule has 25 heavy (non-hydrogen) atoms. The zero-order valence-electron chi connectivity index (χ0n) is 15.8. The van der Waals surface area contributed by atoms with Gasteiger partial charge >= 0.3 is 0 Å². The van der Waals surface area contributed by atoms with Crippen molar-refractivity contribution in [3.63, 3.8) is 0 Å². The second kappa shape index (κ2) is 8.55. The average Bonchev–Trinajstić information content (AvgIpc) is 2.49. The number of rotatable bonds is 4. The number of benzene rings is 1. The molecule has 0 aromatic heterocycles. The Morgan fingerprint density at radius 3 is 2.48 bits per heavy atom. The van der Waals surface area contributed by atoms with Gasteiger partial charge in [-0.2, -0.15) is 0 Å². The highest BCUT2D eigenvalue weighted by molar-refractivity contribution is 5.85. The van der Waals surface area contributed by atoms with Gasteiger partial charge in [-0.15, -0.1) is 12.4 Å². The quantitative estimate of drug-likeness (QED) is 0.850. The van der Waals surface area contributed by atoms with Crippen LogP contribution in [0, 0.1) is 31.6 Å². The molecule has 3 unspecified atom stereocenters. The summed E-state index contributed by atoms with van der Waals surface area (Å²) >= 11 is 0. The van der Waals surface area contributed by atoms with Crippen LogP contribution in [0.15, 0.2) is 18.2 Å². The lowest BCUT2D eigenvalue weighted by molar-refractivity contribution is -0.128. The van der Waals surface area contributed by atoms with Gasteiger partial charge in [-0.3, -0.25) is 4.79 Å². The third-order valence-corrected chi connectivity index (χ3v) is 6.20. The molecule has 140 valence electrons. The van der Waals surface area contributed by atoms with E-state index in [1.54, 1.807) is 0 Å². The third-order valence-electron chi connectivity index (χ3n) is 6.20. The highest BCUT2D eigenvalue weighted by atomic mass is 35.5. The maximum atomic E-state index is 12.7. The van der Waals surface area contributed by atoms with Crippen LogP contribution in [-0.4, -0.2) is 18.0 Å². The second-order valence-electron chi connectivity index (χ2n) is 8.24. The minimum atomic E-state index is 0. The lowest BCUT2D eigenvalue weighted by Crippen LogP contribution is -2.50. The summed E-state index contributed by atoms with van der Waals surface area (Å²) in [4.78, 5) is 12.7. The standard InChI is InChI=1S/C21H32N2O.ClH/c1-13-7-8-16(14(2)9-13)10-15(3)23-21(24)19-11-17-5-4-6-18(12-19)20(17)22;/h7-9,15,17-20H,4-6,10-12,22H2,1-3H3,(H,23,24);1H. The Balaban J connectivity index is 0.00000225. The van der Waals surface area contributed by atoms with Crippen molar-refractivity contribution in [1.29, 1.82) is 0 Å². The fourth-order valence-corrected chi connectivity index (χ4v) is 4.82. The molecule has 0 spiro atoms. The average molecular weight is 365 g/mol. The van der Waals surface area contributed by atoms with Gasteiger partial charge in [-0.1, -0.05) is 30.2 Å². The molecule has 3 rings (SSSR count). The molecule has 3 N–H and O–H groups in total. The van der Waals surface area contributed by atoms with Gasteiger partial charge in [0.05, 0.1) is 0 Å². The van der Waals surface area contributed by atoms with Crippen LogP contribution in [0.2, 0.25) is 0 Å². The van der Waals surface area contributed by atoms with Gasteiger partial charge < -0.3 is 11.1 Å². The molecule has 1 aromatic rings. The molecular weight excluding hydrogens is 332 g/mol. The number of carbonyl (C=O) groups is 1. The number of nitrogens with one attached hydrogen (secondary N) is 1. The number of aryl methyl sites for hydroxylation is 2. The molecule has 2 aliphatic carbocycles. The molecule has 3 nitrogen and oxygen atoms in total. The monoisotopic (exact) mass is 364 g/mol. The van der Waals surface area contributed by atoms with Gasteiger partial charge in [-0.25, -0.2) is 0 Å². The highest BCUT2D eigenvalue weighted by Gasteiger charge is 2.40. The minimum Gasteiger partial charge on any atom is -0.353 e. The van der Waals surface area contributed by atoms with Gasteiger partial charge in [0, 0.05) is 18.0 Å². The lowest BCUT2D eigenvalue weighted by Gasteiger charge is -2.43. The zero-order valence-corrected chi connectivity index (χ0v) is 16.6. The Kier molecular flexibility index (Phi) is 6.93. The molecule has 0 heterocycles. The van der Waals surface area contributed by atoms with Crippen molar-refractivity contribution in [3.8, 4) is 0 Å². The van der Waals surface area contributed by atoms with Gasteiger partial charge in [0.15, 0.2) is 0 Å². The highest BCUT2D eigenvalue weighted by Crippen LogP contribution is 2.41. The summed E-state index contributed by atoms with van der Waals surface area (Å²) in [6.45, 7) is 6.39. The number of carbonyl (C=O) groups excluding carboxylic acids is 1. The van der Waals surface area contributed by atoms with Crippen molar-refractivity contribution < 1.29 is 4.79 Å². The maximum absolute atomic E-state index is 12.7. The van der Waals surface area contributed by atoms with Crippen molar-refractivity contribution in [2.24, 2.45) is 23.5 Å². The SMILES string of the molecule is Cc1ccc(CC(C)NC(=O)C2CC3CCCC(C2)C3N)c(C)c1.Cl. The molecule has 1 amide bonds. The topological polar surface area (TPSA) is 55.1 Å². The van der Waals surface area contributed by atoms with Crippen LogP contribution < -0.4 is 11.1 Å². The van der Waals surface area contributed by atoms with Gasteiger partial charge in [0.1, 0.15) is 0 Å². The molecule has 2 aliphatic rings. The van der Waals surface area contributed by atoms with E-state index in [1.807, 2.05) is 0 Å². The van der Waals surface area contributed by atoms with Crippen molar-refractivity contribution in [2.75, 3.05) is 0 Å². The van der Waals surface area contributed by atoms with Crippen molar-refractivity contribution in [3.05, 3.63) is 34.9 Å². The Labute approximate surface area is 158 Å². The molecule has 4 heteroatoms. The van der Waals surface area contributed by atoms with E-state index < -0.39 is 0 Å². The Bertz CT molecular complexity index is 590. The normalized spacial score (nSPS) is 29.4. The van der Waals surface area contributed by atoms with Crippen LogP contribution in [0.25, 0.3) is 0 Å². The largest absolute Gasteiger partial charge is 0.353 e. The van der Waals surface area contributed by atoms with Gasteiger partial charge in [-0.05, 0) is 75.8 Å². The van der Waals surface area contributed by atoms with Crippen LogP contribution in [-0.2, 0) is 11.2 Å². The van der Waals surface area contributed by atoms with E-state index in [-0.39, 0.29) is 30.3 Å². The van der Waals surface area contributed by atoms with E-state index in [2.05, 4.69) is 44.3 Å². The summed E-state index contributed by atoms with van der Waals surface area (Å²) in [5, 5.41) is 3.26. The maximum Gasteiger partial charge on any atom is 0.223 e. The predicted octanol–water partition coefficient (Wildman–Crippen LogP) is 3.93.